The summed E-state index contributed by atoms with van der Waals surface area (Å²) in [6.07, 6.45) is 0.177. The number of benzene rings is 3. The highest BCUT2D eigenvalue weighted by molar-refractivity contribution is 7.99. The molecular weight excluding hydrogens is 506 g/mol. The minimum absolute atomic E-state index is 0.0371. The first-order valence-corrected chi connectivity index (χ1v) is 13.1. The fourth-order valence-corrected chi connectivity index (χ4v) is 5.20. The van der Waals surface area contributed by atoms with Gasteiger partial charge in [0.25, 0.3) is 0 Å². The number of aryl methyl sites for hydroxylation is 1. The summed E-state index contributed by atoms with van der Waals surface area (Å²) < 4.78 is 11.3. The van der Waals surface area contributed by atoms with Crippen molar-refractivity contribution in [3.05, 3.63) is 83.4 Å². The Morgan fingerprint density at radius 3 is 2.47 bits per heavy atom. The van der Waals surface area contributed by atoms with Crippen molar-refractivity contribution in [1.29, 1.82) is 0 Å². The maximum absolute atomic E-state index is 13.1. The maximum Gasteiger partial charge on any atom is 0.335 e. The summed E-state index contributed by atoms with van der Waals surface area (Å²) in [7, 11) is 1.51. The third-order valence-corrected chi connectivity index (χ3v) is 7.19. The first-order chi connectivity index (χ1) is 18.3. The molecule has 3 amide bonds. The molecule has 1 heterocycles. The Bertz CT molecular complexity index is 1310. The molecule has 1 atom stereocenters. The molecule has 0 aromatic heterocycles. The van der Waals surface area contributed by atoms with E-state index < -0.39 is 12.0 Å². The lowest BCUT2D eigenvalue weighted by molar-refractivity contribution is -0.131. The first-order valence-electron chi connectivity index (χ1n) is 12.0. The lowest BCUT2D eigenvalue weighted by atomic mass is 10.1. The number of carboxylic acids is 1. The van der Waals surface area contributed by atoms with Gasteiger partial charge >= 0.3 is 12.0 Å². The fourth-order valence-electron chi connectivity index (χ4n) is 4.00. The Balaban J connectivity index is 1.34. The Labute approximate surface area is 225 Å². The molecule has 3 N–H and O–H groups in total. The van der Waals surface area contributed by atoms with Crippen molar-refractivity contribution in [2.24, 2.45) is 0 Å². The zero-order chi connectivity index (χ0) is 27.1. The van der Waals surface area contributed by atoms with E-state index in [-0.39, 0.29) is 23.9 Å². The summed E-state index contributed by atoms with van der Waals surface area (Å²) in [4.78, 5) is 38.4. The molecule has 1 aliphatic rings. The van der Waals surface area contributed by atoms with Crippen LogP contribution in [0.3, 0.4) is 0 Å². The van der Waals surface area contributed by atoms with Crippen LogP contribution in [-0.4, -0.2) is 59.3 Å². The number of methoxy groups -OCH3 is 1. The molecule has 3 aromatic rings. The SMILES string of the molecule is COc1cc(CC(=O)N2CSCC2COc2ccc(C(=O)O)cc2)ccc1NC(=O)Nc1ccccc1C. The molecule has 1 unspecified atom stereocenters. The number of thioether (sulfide) groups is 1. The van der Waals surface area contributed by atoms with Crippen LogP contribution in [0.2, 0.25) is 0 Å². The summed E-state index contributed by atoms with van der Waals surface area (Å²) in [5.74, 6) is 1.30. The van der Waals surface area contributed by atoms with Crippen molar-refractivity contribution in [3.8, 4) is 11.5 Å². The van der Waals surface area contributed by atoms with Crippen molar-refractivity contribution in [2.75, 3.05) is 36.0 Å². The van der Waals surface area contributed by atoms with E-state index in [1.807, 2.05) is 31.2 Å². The summed E-state index contributed by atoms with van der Waals surface area (Å²) in [5, 5.41) is 14.7. The number of anilines is 2. The number of hydrogen-bond donors (Lipinski definition) is 3. The predicted molar refractivity (Wildman–Crippen MR) is 147 cm³/mol. The van der Waals surface area contributed by atoms with Crippen LogP contribution >= 0.6 is 11.8 Å². The second-order valence-corrected chi connectivity index (χ2v) is 9.76. The van der Waals surface area contributed by atoms with Crippen LogP contribution < -0.4 is 20.1 Å². The summed E-state index contributed by atoms with van der Waals surface area (Å²) >= 11 is 1.66. The Morgan fingerprint density at radius 2 is 1.76 bits per heavy atom. The lowest BCUT2D eigenvalue weighted by Crippen LogP contribution is -2.41. The highest BCUT2D eigenvalue weighted by atomic mass is 32.2. The zero-order valence-electron chi connectivity index (χ0n) is 21.1. The second-order valence-electron chi connectivity index (χ2n) is 8.76. The van der Waals surface area contributed by atoms with Gasteiger partial charge in [-0.15, -0.1) is 11.8 Å². The zero-order valence-corrected chi connectivity index (χ0v) is 21.9. The molecule has 1 saturated heterocycles. The van der Waals surface area contributed by atoms with Crippen LogP contribution in [0.15, 0.2) is 66.7 Å². The monoisotopic (exact) mass is 535 g/mol. The third kappa shape index (κ3) is 6.77. The van der Waals surface area contributed by atoms with Gasteiger partial charge in [0, 0.05) is 11.4 Å². The number of rotatable bonds is 9. The standard InChI is InChI=1S/C28H29N3O6S/c1-18-5-3-4-6-23(18)29-28(35)30-24-12-7-19(13-25(24)36-2)14-26(32)31-17-38-16-21(31)15-37-22-10-8-20(9-11-22)27(33)34/h3-13,21H,14-17H2,1-2H3,(H,33,34)(H2,29,30,35). The normalized spacial score (nSPS) is 14.6. The molecule has 1 fully saturated rings. The van der Waals surface area contributed by atoms with Gasteiger partial charge in [-0.2, -0.15) is 0 Å². The number of carboxylic acid groups (broad SMARTS) is 1. The number of para-hydroxylation sites is 1. The van der Waals surface area contributed by atoms with Gasteiger partial charge < -0.3 is 30.1 Å². The van der Waals surface area contributed by atoms with Gasteiger partial charge in [-0.3, -0.25) is 4.79 Å². The number of carbonyl (C=O) groups excluding carboxylic acids is 2. The van der Waals surface area contributed by atoms with E-state index in [2.05, 4.69) is 10.6 Å². The molecule has 0 radical (unpaired) electrons. The quantitative estimate of drug-likeness (QED) is 0.358. The van der Waals surface area contributed by atoms with Crippen LogP contribution in [0.25, 0.3) is 0 Å². The number of ether oxygens (including phenoxy) is 2. The van der Waals surface area contributed by atoms with Crippen molar-refractivity contribution in [3.63, 3.8) is 0 Å². The molecule has 38 heavy (non-hydrogen) atoms. The van der Waals surface area contributed by atoms with E-state index >= 15 is 0 Å². The average molecular weight is 536 g/mol. The second kappa shape index (κ2) is 12.4. The highest BCUT2D eigenvalue weighted by Gasteiger charge is 2.30. The van der Waals surface area contributed by atoms with Gasteiger partial charge in [0.15, 0.2) is 0 Å². The number of nitrogens with zero attached hydrogens (tertiary/aromatic N) is 1. The van der Waals surface area contributed by atoms with E-state index in [9.17, 15) is 14.4 Å². The van der Waals surface area contributed by atoms with Gasteiger partial charge in [-0.1, -0.05) is 24.3 Å². The lowest BCUT2D eigenvalue weighted by Gasteiger charge is -2.24. The Hall–Kier alpha value is -4.18. The van der Waals surface area contributed by atoms with Crippen molar-refractivity contribution in [1.82, 2.24) is 4.90 Å². The maximum atomic E-state index is 13.1. The van der Waals surface area contributed by atoms with E-state index in [0.717, 1.165) is 16.9 Å². The summed E-state index contributed by atoms with van der Waals surface area (Å²) in [5.41, 5.74) is 3.10. The average Bonchev–Trinajstić information content (AvgIpc) is 3.39. The molecule has 0 spiro atoms. The predicted octanol–water partition coefficient (Wildman–Crippen LogP) is 4.87. The van der Waals surface area contributed by atoms with Crippen molar-refractivity contribution in [2.45, 2.75) is 19.4 Å². The number of urea groups is 1. The molecule has 1 aliphatic heterocycles. The summed E-state index contributed by atoms with van der Waals surface area (Å²) in [6, 6.07) is 18.5. The Kier molecular flexibility index (Phi) is 8.75. The van der Waals surface area contributed by atoms with E-state index in [1.165, 1.54) is 19.2 Å². The molecule has 9 nitrogen and oxygen atoms in total. The Morgan fingerprint density at radius 1 is 1.03 bits per heavy atom. The largest absolute Gasteiger partial charge is 0.495 e. The molecule has 10 heteroatoms. The minimum atomic E-state index is -0.994. The minimum Gasteiger partial charge on any atom is -0.495 e. The van der Waals surface area contributed by atoms with E-state index in [4.69, 9.17) is 14.6 Å². The van der Waals surface area contributed by atoms with Gasteiger partial charge in [-0.05, 0) is 60.5 Å². The van der Waals surface area contributed by atoms with E-state index in [1.54, 1.807) is 47.0 Å². The number of aromatic carboxylic acids is 1. The van der Waals surface area contributed by atoms with E-state index in [0.29, 0.717) is 35.4 Å². The first kappa shape index (κ1) is 26.9. The van der Waals surface area contributed by atoms with Gasteiger partial charge in [-0.25, -0.2) is 9.59 Å². The molecule has 0 aliphatic carbocycles. The third-order valence-electron chi connectivity index (χ3n) is 6.11. The van der Waals surface area contributed by atoms with Crippen LogP contribution in [0.5, 0.6) is 11.5 Å². The molecule has 4 rings (SSSR count). The molecule has 3 aromatic carbocycles. The molecular formula is C28H29N3O6S. The number of nitrogens with one attached hydrogen (secondary N) is 2. The topological polar surface area (TPSA) is 117 Å². The molecule has 198 valence electrons. The van der Waals surface area contributed by atoms with Gasteiger partial charge in [0.05, 0.1) is 36.7 Å². The number of hydrogen-bond acceptors (Lipinski definition) is 6. The fraction of sp³-hybridized carbons (Fsp3) is 0.250. The van der Waals surface area contributed by atoms with Crippen LogP contribution in [0.4, 0.5) is 16.2 Å². The van der Waals surface area contributed by atoms with Crippen molar-refractivity contribution >= 4 is 41.0 Å². The van der Waals surface area contributed by atoms with Crippen LogP contribution in [-0.2, 0) is 11.2 Å². The van der Waals surface area contributed by atoms with Gasteiger partial charge in [0.1, 0.15) is 18.1 Å². The number of amides is 3. The smallest absolute Gasteiger partial charge is 0.335 e. The van der Waals surface area contributed by atoms with Crippen molar-refractivity contribution < 1.29 is 29.0 Å². The highest BCUT2D eigenvalue weighted by Crippen LogP contribution is 2.28. The number of carbonyl (C=O) groups is 3. The summed E-state index contributed by atoms with van der Waals surface area (Å²) in [6.45, 7) is 2.23. The van der Waals surface area contributed by atoms with Crippen LogP contribution in [0, 0.1) is 6.92 Å². The molecule has 0 bridgehead atoms. The molecule has 0 saturated carbocycles. The van der Waals surface area contributed by atoms with Gasteiger partial charge in [0.2, 0.25) is 5.91 Å². The van der Waals surface area contributed by atoms with Crippen LogP contribution in [0.1, 0.15) is 21.5 Å².